The molecule has 0 bridgehead atoms. The summed E-state index contributed by atoms with van der Waals surface area (Å²) >= 11 is 0. The van der Waals surface area contributed by atoms with E-state index in [1.54, 1.807) is 20.4 Å². The summed E-state index contributed by atoms with van der Waals surface area (Å²) in [6.07, 6.45) is 5.75. The quantitative estimate of drug-likeness (QED) is 0.825. The van der Waals surface area contributed by atoms with E-state index in [0.717, 1.165) is 51.6 Å². The van der Waals surface area contributed by atoms with E-state index < -0.39 is 0 Å². The van der Waals surface area contributed by atoms with Crippen molar-refractivity contribution in [2.75, 3.05) is 35.4 Å². The molecule has 0 saturated heterocycles. The lowest BCUT2D eigenvalue weighted by atomic mass is 9.91. The Morgan fingerprint density at radius 3 is 2.35 bits per heavy atom. The molecule has 0 fully saturated rings. The molecule has 2 heterocycles. The van der Waals surface area contributed by atoms with Gasteiger partial charge in [0.15, 0.2) is 0 Å². The van der Waals surface area contributed by atoms with E-state index in [2.05, 4.69) is 34.8 Å². The fourth-order valence-electron chi connectivity index (χ4n) is 3.23. The Morgan fingerprint density at radius 1 is 1.12 bits per heavy atom. The van der Waals surface area contributed by atoms with Crippen LogP contribution in [0.25, 0.3) is 11.3 Å². The summed E-state index contributed by atoms with van der Waals surface area (Å²) in [5.74, 6) is 1.62. The SMILES string of the molecule is C=C1c2ccncc2C(c2cc(OC)c(CN(C)C)c(OC)c2)=CN1C. The summed E-state index contributed by atoms with van der Waals surface area (Å²) in [6.45, 7) is 4.91. The number of nitrogens with zero attached hydrogens (tertiary/aromatic N) is 3. The number of benzene rings is 1. The monoisotopic (exact) mass is 351 g/mol. The van der Waals surface area contributed by atoms with Crippen LogP contribution in [0.4, 0.5) is 0 Å². The van der Waals surface area contributed by atoms with Crippen LogP contribution in [-0.2, 0) is 6.54 Å². The summed E-state index contributed by atoms with van der Waals surface area (Å²) in [5, 5.41) is 0. The van der Waals surface area contributed by atoms with Crippen LogP contribution in [0.2, 0.25) is 0 Å². The summed E-state index contributed by atoms with van der Waals surface area (Å²) < 4.78 is 11.4. The van der Waals surface area contributed by atoms with Crippen LogP contribution < -0.4 is 9.47 Å². The largest absolute Gasteiger partial charge is 0.496 e. The van der Waals surface area contributed by atoms with Crippen molar-refractivity contribution in [2.24, 2.45) is 0 Å². The van der Waals surface area contributed by atoms with Gasteiger partial charge in [0, 0.05) is 54.6 Å². The first-order chi connectivity index (χ1) is 12.5. The van der Waals surface area contributed by atoms with Crippen molar-refractivity contribution in [3.63, 3.8) is 0 Å². The van der Waals surface area contributed by atoms with E-state index in [0.29, 0.717) is 0 Å². The number of hydrogen-bond donors (Lipinski definition) is 0. The lowest BCUT2D eigenvalue weighted by Crippen LogP contribution is -2.16. The minimum atomic E-state index is 0.737. The highest BCUT2D eigenvalue weighted by molar-refractivity contribution is 5.90. The van der Waals surface area contributed by atoms with Crippen LogP contribution in [0.5, 0.6) is 11.5 Å². The molecule has 3 rings (SSSR count). The number of ether oxygens (including phenoxy) is 2. The van der Waals surface area contributed by atoms with Gasteiger partial charge in [-0.25, -0.2) is 0 Å². The molecule has 0 spiro atoms. The number of aromatic nitrogens is 1. The van der Waals surface area contributed by atoms with Gasteiger partial charge in [-0.05, 0) is 37.9 Å². The van der Waals surface area contributed by atoms with Gasteiger partial charge in [0.2, 0.25) is 0 Å². The third-order valence-corrected chi connectivity index (χ3v) is 4.56. The maximum atomic E-state index is 5.68. The summed E-state index contributed by atoms with van der Waals surface area (Å²) in [6, 6.07) is 6.12. The first-order valence-corrected chi connectivity index (χ1v) is 8.44. The molecule has 26 heavy (non-hydrogen) atoms. The fourth-order valence-corrected chi connectivity index (χ4v) is 3.23. The summed E-state index contributed by atoms with van der Waals surface area (Å²) in [7, 11) is 9.44. The molecular formula is C21H25N3O2. The average Bonchev–Trinajstić information content (AvgIpc) is 2.64. The Balaban J connectivity index is 2.18. The van der Waals surface area contributed by atoms with E-state index >= 15 is 0 Å². The van der Waals surface area contributed by atoms with Crippen LogP contribution in [-0.4, -0.2) is 50.1 Å². The Bertz CT molecular complexity index is 846. The molecule has 0 atom stereocenters. The maximum Gasteiger partial charge on any atom is 0.127 e. The smallest absolute Gasteiger partial charge is 0.127 e. The number of hydrogen-bond acceptors (Lipinski definition) is 5. The van der Waals surface area contributed by atoms with Crippen LogP contribution in [0.15, 0.2) is 43.4 Å². The lowest BCUT2D eigenvalue weighted by Gasteiger charge is -2.28. The van der Waals surface area contributed by atoms with Crippen molar-refractivity contribution in [2.45, 2.75) is 6.54 Å². The zero-order chi connectivity index (χ0) is 18.8. The van der Waals surface area contributed by atoms with Crippen molar-refractivity contribution in [3.05, 3.63) is 65.6 Å². The van der Waals surface area contributed by atoms with Gasteiger partial charge >= 0.3 is 0 Å². The third kappa shape index (κ3) is 3.18. The number of rotatable bonds is 5. The van der Waals surface area contributed by atoms with Gasteiger partial charge in [-0.15, -0.1) is 0 Å². The van der Waals surface area contributed by atoms with Crippen LogP contribution in [0, 0.1) is 0 Å². The predicted octanol–water partition coefficient (Wildman–Crippen LogP) is 3.47. The van der Waals surface area contributed by atoms with Gasteiger partial charge in [-0.3, -0.25) is 4.98 Å². The van der Waals surface area contributed by atoms with Crippen molar-refractivity contribution < 1.29 is 9.47 Å². The Hall–Kier alpha value is -2.79. The molecular weight excluding hydrogens is 326 g/mol. The standard InChI is InChI=1S/C21H25N3O2/c1-14-16-7-8-22-11-17(16)18(13-24(14)4)15-9-20(25-5)19(12-23(2)3)21(10-15)26-6/h7-11,13H,1,12H2,2-6H3. The van der Waals surface area contributed by atoms with Crippen LogP contribution in [0.3, 0.4) is 0 Å². The summed E-state index contributed by atoms with van der Waals surface area (Å²) in [4.78, 5) is 8.43. The molecule has 0 radical (unpaired) electrons. The van der Waals surface area contributed by atoms with Gasteiger partial charge in [0.25, 0.3) is 0 Å². The molecule has 0 N–H and O–H groups in total. The first-order valence-electron chi connectivity index (χ1n) is 8.44. The molecule has 0 amide bonds. The lowest BCUT2D eigenvalue weighted by molar-refractivity contribution is 0.348. The highest BCUT2D eigenvalue weighted by atomic mass is 16.5. The molecule has 2 aromatic rings. The minimum Gasteiger partial charge on any atom is -0.496 e. The van der Waals surface area contributed by atoms with Crippen molar-refractivity contribution in [1.82, 2.24) is 14.8 Å². The van der Waals surface area contributed by atoms with Gasteiger partial charge < -0.3 is 19.3 Å². The van der Waals surface area contributed by atoms with Crippen molar-refractivity contribution in [1.29, 1.82) is 0 Å². The van der Waals surface area contributed by atoms with Gasteiger partial charge in [-0.1, -0.05) is 6.58 Å². The fraction of sp³-hybridized carbons (Fsp3) is 0.286. The highest BCUT2D eigenvalue weighted by Gasteiger charge is 2.22. The number of pyridine rings is 1. The first kappa shape index (κ1) is 18.0. The summed E-state index contributed by atoms with van der Waals surface area (Å²) in [5.41, 5.74) is 6.21. The molecule has 5 heteroatoms. The van der Waals surface area contributed by atoms with Gasteiger partial charge in [-0.2, -0.15) is 0 Å². The minimum absolute atomic E-state index is 0.737. The third-order valence-electron chi connectivity index (χ3n) is 4.56. The average molecular weight is 351 g/mol. The van der Waals surface area contributed by atoms with E-state index in [9.17, 15) is 0 Å². The van der Waals surface area contributed by atoms with E-state index in [-0.39, 0.29) is 0 Å². The van der Waals surface area contributed by atoms with E-state index in [1.807, 2.05) is 38.3 Å². The second-order valence-electron chi connectivity index (χ2n) is 6.62. The molecule has 0 unspecified atom stereocenters. The molecule has 5 nitrogen and oxygen atoms in total. The Labute approximate surface area is 155 Å². The van der Waals surface area contributed by atoms with Crippen LogP contribution >= 0.6 is 0 Å². The normalized spacial score (nSPS) is 13.5. The molecule has 1 aliphatic rings. The molecule has 0 aliphatic carbocycles. The Kier molecular flexibility index (Phi) is 5.00. The topological polar surface area (TPSA) is 37.8 Å². The molecule has 0 saturated carbocycles. The zero-order valence-electron chi connectivity index (χ0n) is 16.0. The van der Waals surface area contributed by atoms with Crippen molar-refractivity contribution >= 4 is 11.3 Å². The number of fused-ring (bicyclic) bond motifs is 1. The van der Waals surface area contributed by atoms with Crippen molar-refractivity contribution in [3.8, 4) is 11.5 Å². The second kappa shape index (κ2) is 7.22. The molecule has 1 aromatic carbocycles. The zero-order valence-corrected chi connectivity index (χ0v) is 16.0. The number of methoxy groups -OCH3 is 2. The Morgan fingerprint density at radius 2 is 1.77 bits per heavy atom. The van der Waals surface area contributed by atoms with Crippen LogP contribution in [0.1, 0.15) is 22.3 Å². The molecule has 1 aliphatic heterocycles. The molecule has 1 aromatic heterocycles. The van der Waals surface area contributed by atoms with Gasteiger partial charge in [0.1, 0.15) is 11.5 Å². The highest BCUT2D eigenvalue weighted by Crippen LogP contribution is 2.40. The second-order valence-corrected chi connectivity index (χ2v) is 6.62. The van der Waals surface area contributed by atoms with Gasteiger partial charge in [0.05, 0.1) is 19.8 Å². The molecule has 136 valence electrons. The predicted molar refractivity (Wildman–Crippen MR) is 105 cm³/mol. The maximum absolute atomic E-state index is 5.68. The van der Waals surface area contributed by atoms with E-state index in [4.69, 9.17) is 9.47 Å². The van der Waals surface area contributed by atoms with E-state index in [1.165, 1.54) is 0 Å².